The van der Waals surface area contributed by atoms with Crippen molar-refractivity contribution in [1.82, 2.24) is 10.2 Å². The molecule has 29 heavy (non-hydrogen) atoms. The van der Waals surface area contributed by atoms with E-state index in [0.717, 1.165) is 28.7 Å². The lowest BCUT2D eigenvalue weighted by Gasteiger charge is -2.30. The molecule has 1 N–H and O–H groups in total. The van der Waals surface area contributed by atoms with Crippen molar-refractivity contribution < 1.29 is 9.59 Å². The first-order chi connectivity index (χ1) is 13.7. The van der Waals surface area contributed by atoms with Gasteiger partial charge in [0, 0.05) is 12.6 Å². The number of carbonyl (C=O) groups excluding carboxylic acids is 2. The molecule has 2 atom stereocenters. The van der Waals surface area contributed by atoms with E-state index in [-0.39, 0.29) is 17.9 Å². The lowest BCUT2D eigenvalue weighted by Crippen LogP contribution is -2.49. The van der Waals surface area contributed by atoms with E-state index in [4.69, 9.17) is 0 Å². The molecule has 0 fully saturated rings. The SMILES string of the molecule is CCC(C)NC(=O)C(C)N(Cc1ccc(C)cc1)C(=O)Cc1cc(C)ccc1C. The fraction of sp³-hybridized carbons (Fsp3) is 0.440. The van der Waals surface area contributed by atoms with Crippen LogP contribution in [0, 0.1) is 20.8 Å². The standard InChI is InChI=1S/C25H34N2O2/c1-7-20(5)26-25(29)21(6)27(16-22-12-9-17(2)10-13-22)24(28)15-23-14-18(3)8-11-19(23)4/h8-14,20-21H,7,15-16H2,1-6H3,(H,26,29). The van der Waals surface area contributed by atoms with E-state index >= 15 is 0 Å². The maximum atomic E-state index is 13.3. The Kier molecular flexibility index (Phi) is 8.00. The van der Waals surface area contributed by atoms with Crippen LogP contribution in [0.5, 0.6) is 0 Å². The largest absolute Gasteiger partial charge is 0.352 e. The van der Waals surface area contributed by atoms with E-state index < -0.39 is 6.04 Å². The second-order valence-electron chi connectivity index (χ2n) is 8.11. The van der Waals surface area contributed by atoms with Crippen LogP contribution in [0.15, 0.2) is 42.5 Å². The lowest BCUT2D eigenvalue weighted by atomic mass is 10.0. The Hall–Kier alpha value is -2.62. The van der Waals surface area contributed by atoms with Crippen LogP contribution in [0.25, 0.3) is 0 Å². The number of nitrogens with one attached hydrogen (secondary N) is 1. The predicted molar refractivity (Wildman–Crippen MR) is 119 cm³/mol. The molecule has 0 spiro atoms. The third kappa shape index (κ3) is 6.45. The number of nitrogens with zero attached hydrogens (tertiary/aromatic N) is 1. The van der Waals surface area contributed by atoms with Crippen LogP contribution in [0.1, 0.15) is 55.0 Å². The van der Waals surface area contributed by atoms with Gasteiger partial charge in [0.15, 0.2) is 0 Å². The quantitative estimate of drug-likeness (QED) is 0.717. The summed E-state index contributed by atoms with van der Waals surface area (Å²) >= 11 is 0. The number of hydrogen-bond donors (Lipinski definition) is 1. The Balaban J connectivity index is 2.26. The van der Waals surface area contributed by atoms with Gasteiger partial charge in [0.05, 0.1) is 6.42 Å². The summed E-state index contributed by atoms with van der Waals surface area (Å²) in [6.07, 6.45) is 1.15. The maximum Gasteiger partial charge on any atom is 0.242 e. The Labute approximate surface area is 175 Å². The minimum Gasteiger partial charge on any atom is -0.352 e. The van der Waals surface area contributed by atoms with E-state index in [9.17, 15) is 9.59 Å². The van der Waals surface area contributed by atoms with E-state index in [0.29, 0.717) is 13.0 Å². The van der Waals surface area contributed by atoms with Gasteiger partial charge in [-0.2, -0.15) is 0 Å². The summed E-state index contributed by atoms with van der Waals surface area (Å²) in [4.78, 5) is 27.8. The first kappa shape index (κ1) is 22.7. The van der Waals surface area contributed by atoms with Gasteiger partial charge >= 0.3 is 0 Å². The number of hydrogen-bond acceptors (Lipinski definition) is 2. The van der Waals surface area contributed by atoms with Crippen LogP contribution in [0.3, 0.4) is 0 Å². The van der Waals surface area contributed by atoms with Crippen molar-refractivity contribution in [3.63, 3.8) is 0 Å². The molecule has 0 heterocycles. The summed E-state index contributed by atoms with van der Waals surface area (Å²) in [6.45, 7) is 12.3. The summed E-state index contributed by atoms with van der Waals surface area (Å²) in [5.41, 5.74) is 5.43. The van der Waals surface area contributed by atoms with Crippen molar-refractivity contribution in [1.29, 1.82) is 0 Å². The molecule has 0 aromatic heterocycles. The highest BCUT2D eigenvalue weighted by molar-refractivity contribution is 5.88. The third-order valence-electron chi connectivity index (χ3n) is 5.49. The van der Waals surface area contributed by atoms with Gasteiger partial charge in [-0.25, -0.2) is 0 Å². The molecule has 2 amide bonds. The lowest BCUT2D eigenvalue weighted by molar-refractivity contribution is -0.140. The molecule has 0 saturated carbocycles. The van der Waals surface area contributed by atoms with E-state index in [1.54, 1.807) is 4.90 Å². The zero-order valence-corrected chi connectivity index (χ0v) is 18.6. The molecular formula is C25H34N2O2. The number of carbonyl (C=O) groups is 2. The van der Waals surface area contributed by atoms with Crippen molar-refractivity contribution >= 4 is 11.8 Å². The molecule has 2 rings (SSSR count). The van der Waals surface area contributed by atoms with Crippen molar-refractivity contribution in [2.75, 3.05) is 0 Å². The second kappa shape index (κ2) is 10.2. The van der Waals surface area contributed by atoms with Gasteiger partial charge in [0.25, 0.3) is 0 Å². The van der Waals surface area contributed by atoms with Gasteiger partial charge in [0.2, 0.25) is 11.8 Å². The van der Waals surface area contributed by atoms with Gasteiger partial charge in [-0.15, -0.1) is 0 Å². The van der Waals surface area contributed by atoms with Crippen LogP contribution in [-0.2, 0) is 22.6 Å². The molecule has 0 saturated heterocycles. The summed E-state index contributed by atoms with van der Waals surface area (Å²) in [5.74, 6) is -0.146. The van der Waals surface area contributed by atoms with Crippen molar-refractivity contribution in [3.8, 4) is 0 Å². The number of benzene rings is 2. The number of rotatable bonds is 8. The van der Waals surface area contributed by atoms with Gasteiger partial charge in [-0.1, -0.05) is 60.5 Å². The fourth-order valence-electron chi connectivity index (χ4n) is 3.19. The molecule has 0 bridgehead atoms. The van der Waals surface area contributed by atoms with Crippen molar-refractivity contribution in [2.45, 2.75) is 73.0 Å². The molecule has 0 aliphatic rings. The highest BCUT2D eigenvalue weighted by Crippen LogP contribution is 2.16. The molecular weight excluding hydrogens is 360 g/mol. The summed E-state index contributed by atoms with van der Waals surface area (Å²) in [5, 5.41) is 3.01. The maximum absolute atomic E-state index is 13.3. The molecule has 0 radical (unpaired) electrons. The third-order valence-corrected chi connectivity index (χ3v) is 5.49. The molecule has 2 aromatic carbocycles. The summed E-state index contributed by atoms with van der Waals surface area (Å²) in [7, 11) is 0. The Bertz CT molecular complexity index is 842. The molecule has 2 aromatic rings. The van der Waals surface area contributed by atoms with Gasteiger partial charge in [-0.3, -0.25) is 9.59 Å². The summed E-state index contributed by atoms with van der Waals surface area (Å²) < 4.78 is 0. The van der Waals surface area contributed by atoms with E-state index in [1.165, 1.54) is 5.56 Å². The highest BCUT2D eigenvalue weighted by atomic mass is 16.2. The molecule has 2 unspecified atom stereocenters. The topological polar surface area (TPSA) is 49.4 Å². The van der Waals surface area contributed by atoms with Gasteiger partial charge in [-0.05, 0) is 57.7 Å². The van der Waals surface area contributed by atoms with Gasteiger partial charge in [0.1, 0.15) is 6.04 Å². The van der Waals surface area contributed by atoms with Gasteiger partial charge < -0.3 is 10.2 Å². The number of amides is 2. The van der Waals surface area contributed by atoms with Crippen LogP contribution in [-0.4, -0.2) is 28.8 Å². The van der Waals surface area contributed by atoms with Crippen LogP contribution >= 0.6 is 0 Å². The zero-order valence-electron chi connectivity index (χ0n) is 18.6. The van der Waals surface area contributed by atoms with Crippen LogP contribution < -0.4 is 5.32 Å². The zero-order chi connectivity index (χ0) is 21.6. The Morgan fingerprint density at radius 2 is 1.59 bits per heavy atom. The molecule has 0 aliphatic heterocycles. The normalized spacial score (nSPS) is 12.9. The Morgan fingerprint density at radius 1 is 0.966 bits per heavy atom. The average molecular weight is 395 g/mol. The summed E-state index contributed by atoms with van der Waals surface area (Å²) in [6, 6.07) is 13.8. The minimum absolute atomic E-state index is 0.0360. The first-order valence-electron chi connectivity index (χ1n) is 10.4. The fourth-order valence-corrected chi connectivity index (χ4v) is 3.19. The van der Waals surface area contributed by atoms with Crippen LogP contribution in [0.2, 0.25) is 0 Å². The molecule has 4 heteroatoms. The van der Waals surface area contributed by atoms with E-state index in [2.05, 4.69) is 17.4 Å². The van der Waals surface area contributed by atoms with Crippen molar-refractivity contribution in [3.05, 3.63) is 70.3 Å². The molecule has 4 nitrogen and oxygen atoms in total. The second-order valence-corrected chi connectivity index (χ2v) is 8.11. The van der Waals surface area contributed by atoms with Crippen LogP contribution in [0.4, 0.5) is 0 Å². The highest BCUT2D eigenvalue weighted by Gasteiger charge is 2.27. The predicted octanol–water partition coefficient (Wildman–Crippen LogP) is 4.49. The molecule has 156 valence electrons. The average Bonchev–Trinajstić information content (AvgIpc) is 2.69. The minimum atomic E-state index is -0.539. The van der Waals surface area contributed by atoms with E-state index in [1.807, 2.05) is 71.9 Å². The number of aryl methyl sites for hydroxylation is 3. The molecule has 0 aliphatic carbocycles. The first-order valence-corrected chi connectivity index (χ1v) is 10.4. The smallest absolute Gasteiger partial charge is 0.242 e. The monoisotopic (exact) mass is 394 g/mol. The van der Waals surface area contributed by atoms with Crippen molar-refractivity contribution in [2.24, 2.45) is 0 Å². The Morgan fingerprint density at radius 3 is 2.21 bits per heavy atom.